The number of nitrogens with zero attached hydrogens (tertiary/aromatic N) is 2. The van der Waals surface area contributed by atoms with Crippen LogP contribution in [-0.4, -0.2) is 23.1 Å². The molecule has 1 saturated heterocycles. The molecule has 0 spiro atoms. The molecule has 0 saturated carbocycles. The number of hydrogen-bond donors (Lipinski definition) is 1. The molecule has 0 radical (unpaired) electrons. The average molecular weight is 294 g/mol. The Kier molecular flexibility index (Phi) is 4.17. The summed E-state index contributed by atoms with van der Waals surface area (Å²) in [5.74, 6) is -0.0995. The minimum Gasteiger partial charge on any atom is -0.621 e. The number of amides is 1. The summed E-state index contributed by atoms with van der Waals surface area (Å²) in [6, 6.07) is 3.39. The normalized spacial score (nSPS) is 25.6. The van der Waals surface area contributed by atoms with Crippen LogP contribution in [0.1, 0.15) is 12.5 Å². The van der Waals surface area contributed by atoms with Crippen molar-refractivity contribution in [3.8, 4) is 0 Å². The summed E-state index contributed by atoms with van der Waals surface area (Å²) in [5, 5.41) is 8.30. The van der Waals surface area contributed by atoms with Gasteiger partial charge in [0, 0.05) is 30.1 Å². The molecule has 0 aliphatic carbocycles. The monoisotopic (exact) mass is 293 g/mol. The Bertz CT molecular complexity index is 511. The fourth-order valence-electron chi connectivity index (χ4n) is 2.20. The van der Waals surface area contributed by atoms with Gasteiger partial charge in [-0.15, -0.1) is 0 Å². The van der Waals surface area contributed by atoms with Crippen LogP contribution in [0.15, 0.2) is 12.1 Å². The van der Waals surface area contributed by atoms with Gasteiger partial charge in [0.05, 0.1) is 16.0 Å². The van der Waals surface area contributed by atoms with Crippen LogP contribution in [0.3, 0.4) is 0 Å². The number of carbonyl (C=O) groups is 1. The molecule has 0 aromatic heterocycles. The van der Waals surface area contributed by atoms with Crippen LogP contribution in [0, 0.1) is 0 Å². The van der Waals surface area contributed by atoms with Crippen molar-refractivity contribution < 1.29 is 34.4 Å². The molecule has 2 unspecified atom stereocenters. The number of halogens is 2. The van der Waals surface area contributed by atoms with E-state index < -0.39 is 0 Å². The van der Waals surface area contributed by atoms with Crippen LogP contribution in [-0.2, 0) is 11.3 Å². The van der Waals surface area contributed by atoms with Gasteiger partial charge < -0.3 is 15.4 Å². The number of hydrogen-bond acceptors (Lipinski definition) is 3. The topological polar surface area (TPSA) is 46.4 Å². The molecule has 0 bridgehead atoms. The number of rotatable bonds is 0. The largest absolute Gasteiger partial charge is 1.00 e. The summed E-state index contributed by atoms with van der Waals surface area (Å²) in [7, 11) is 0. The molecule has 1 fully saturated rings. The Labute approximate surface area is 137 Å². The minimum absolute atomic E-state index is 0. The molecule has 90 valence electrons. The maximum atomic E-state index is 11.5. The third-order valence-electron chi connectivity index (χ3n) is 3.24. The van der Waals surface area contributed by atoms with Crippen molar-refractivity contribution in [1.29, 1.82) is 0 Å². The van der Waals surface area contributed by atoms with Gasteiger partial charge in [0.2, 0.25) is 0 Å². The Balaban J connectivity index is 0.00000120. The Morgan fingerprint density at radius 2 is 2.17 bits per heavy atom. The number of fused-ring (bicyclic) bond motifs is 2. The van der Waals surface area contributed by atoms with Crippen LogP contribution in [0.25, 0.3) is 5.32 Å². The van der Waals surface area contributed by atoms with Gasteiger partial charge in [-0.2, -0.15) is 0 Å². The van der Waals surface area contributed by atoms with Crippen LogP contribution in [0.5, 0.6) is 0 Å². The zero-order valence-corrected chi connectivity index (χ0v) is 13.6. The van der Waals surface area contributed by atoms with E-state index in [9.17, 15) is 4.79 Å². The molecule has 1 amide bonds. The molecule has 18 heavy (non-hydrogen) atoms. The Hall–Kier alpha value is 0.0300. The van der Waals surface area contributed by atoms with Crippen molar-refractivity contribution in [3.63, 3.8) is 0 Å². The van der Waals surface area contributed by atoms with Crippen molar-refractivity contribution in [2.45, 2.75) is 25.8 Å². The maximum Gasteiger partial charge on any atom is 1.00 e. The zero-order valence-electron chi connectivity index (χ0n) is 10.1. The van der Waals surface area contributed by atoms with Crippen molar-refractivity contribution in [2.24, 2.45) is 0 Å². The maximum absolute atomic E-state index is 11.5. The van der Waals surface area contributed by atoms with E-state index in [1.165, 1.54) is 0 Å². The van der Waals surface area contributed by atoms with Gasteiger partial charge in [-0.3, -0.25) is 4.90 Å². The first-order valence-electron chi connectivity index (χ1n) is 5.32. The summed E-state index contributed by atoms with van der Waals surface area (Å²) in [5.41, 5.74) is 1.82. The van der Waals surface area contributed by atoms with E-state index in [4.69, 9.17) is 23.2 Å². The van der Waals surface area contributed by atoms with E-state index in [1.807, 2.05) is 17.9 Å². The molecule has 1 aromatic carbocycles. The third kappa shape index (κ3) is 2.15. The second-order valence-electron chi connectivity index (χ2n) is 4.22. The molecule has 2 aliphatic rings. The zero-order chi connectivity index (χ0) is 12.2. The fraction of sp³-hybridized carbons (Fsp3) is 0.364. The summed E-state index contributed by atoms with van der Waals surface area (Å²) in [6.45, 7) is 2.43. The van der Waals surface area contributed by atoms with E-state index in [0.29, 0.717) is 16.6 Å². The van der Waals surface area contributed by atoms with E-state index >= 15 is 0 Å². The van der Waals surface area contributed by atoms with Crippen LogP contribution < -0.4 is 34.9 Å². The minimum atomic E-state index is -0.276. The average Bonchev–Trinajstić information content (AvgIpc) is 2.58. The SMILES string of the molecule is CC1C(=O)[N-]C2Nc3ccc(Cl)c(Cl)c3CN21.[Na+]. The smallest absolute Gasteiger partial charge is 0.621 e. The first-order chi connectivity index (χ1) is 8.08. The van der Waals surface area contributed by atoms with E-state index in [-0.39, 0.29) is 47.8 Å². The number of nitrogens with one attached hydrogen (secondary N) is 1. The molecular formula is C11H10Cl2N3NaO. The van der Waals surface area contributed by atoms with Crippen molar-refractivity contribution in [2.75, 3.05) is 5.32 Å². The predicted octanol–water partition coefficient (Wildman–Crippen LogP) is -0.189. The number of carbonyl (C=O) groups excluding carboxylic acids is 1. The van der Waals surface area contributed by atoms with Crippen molar-refractivity contribution >= 4 is 34.8 Å². The first kappa shape index (κ1) is 14.4. The van der Waals surface area contributed by atoms with Gasteiger partial charge in [0.15, 0.2) is 0 Å². The second kappa shape index (κ2) is 5.19. The summed E-state index contributed by atoms with van der Waals surface area (Å²) in [6.07, 6.45) is -0.276. The third-order valence-corrected chi connectivity index (χ3v) is 4.08. The van der Waals surface area contributed by atoms with Crippen LogP contribution in [0.2, 0.25) is 10.0 Å². The number of benzene rings is 1. The molecule has 4 nitrogen and oxygen atoms in total. The summed E-state index contributed by atoms with van der Waals surface area (Å²) >= 11 is 12.2. The van der Waals surface area contributed by atoms with Crippen LogP contribution >= 0.6 is 23.2 Å². The van der Waals surface area contributed by atoms with Gasteiger partial charge >= 0.3 is 29.6 Å². The molecule has 3 rings (SSSR count). The molecule has 1 aromatic rings. The predicted molar refractivity (Wildman–Crippen MR) is 67.2 cm³/mol. The molecule has 7 heteroatoms. The molecule has 2 heterocycles. The van der Waals surface area contributed by atoms with E-state index in [1.54, 1.807) is 6.07 Å². The standard InChI is InChI=1S/C11H11Cl2N3O.Na/c1-5-10(17)15-11-14-8-3-2-7(12)9(13)6(8)4-16(5)11;/h2-3,5,11,14H,4H2,1H3,(H,15,17);/q;+1/p-1. The van der Waals surface area contributed by atoms with Gasteiger partial charge in [0.25, 0.3) is 0 Å². The molecule has 2 aliphatic heterocycles. The van der Waals surface area contributed by atoms with Gasteiger partial charge in [-0.1, -0.05) is 23.2 Å². The summed E-state index contributed by atoms with van der Waals surface area (Å²) in [4.78, 5) is 13.5. The quantitative estimate of drug-likeness (QED) is 0.675. The Morgan fingerprint density at radius 3 is 2.89 bits per heavy atom. The number of anilines is 1. The van der Waals surface area contributed by atoms with Gasteiger partial charge in [-0.05, 0) is 19.1 Å². The summed E-state index contributed by atoms with van der Waals surface area (Å²) < 4.78 is 0. The Morgan fingerprint density at radius 1 is 1.44 bits per heavy atom. The molecule has 1 N–H and O–H groups in total. The first-order valence-corrected chi connectivity index (χ1v) is 6.07. The van der Waals surface area contributed by atoms with Gasteiger partial charge in [-0.25, -0.2) is 0 Å². The molecular weight excluding hydrogens is 284 g/mol. The van der Waals surface area contributed by atoms with Crippen molar-refractivity contribution in [1.82, 2.24) is 4.90 Å². The molecule has 2 atom stereocenters. The second-order valence-corrected chi connectivity index (χ2v) is 5.01. The van der Waals surface area contributed by atoms with E-state index in [0.717, 1.165) is 11.3 Å². The fourth-order valence-corrected chi connectivity index (χ4v) is 2.60. The van der Waals surface area contributed by atoms with Gasteiger partial charge in [0.1, 0.15) is 0 Å². The van der Waals surface area contributed by atoms with Crippen molar-refractivity contribution in [3.05, 3.63) is 33.1 Å². The van der Waals surface area contributed by atoms with E-state index in [2.05, 4.69) is 10.6 Å². The van der Waals surface area contributed by atoms with Crippen LogP contribution in [0.4, 0.5) is 5.69 Å².